The Labute approximate surface area is 194 Å². The number of aryl methyl sites for hydroxylation is 2. The number of imidazole rings is 1. The van der Waals surface area contributed by atoms with E-state index in [0.717, 1.165) is 30.1 Å². The Morgan fingerprint density at radius 1 is 1.37 bits per heavy atom. The molecule has 0 radical (unpaired) electrons. The van der Waals surface area contributed by atoms with Gasteiger partial charge in [-0.1, -0.05) is 6.07 Å². The van der Waals surface area contributed by atoms with Gasteiger partial charge in [-0.3, -0.25) is 9.79 Å². The third kappa shape index (κ3) is 5.05. The number of benzene rings is 1. The van der Waals surface area contributed by atoms with Crippen molar-refractivity contribution < 1.29 is 9.53 Å². The zero-order valence-electron chi connectivity index (χ0n) is 17.4. The van der Waals surface area contributed by atoms with Gasteiger partial charge in [0.1, 0.15) is 11.6 Å². The van der Waals surface area contributed by atoms with Crippen LogP contribution in [0.5, 0.6) is 5.75 Å². The largest absolute Gasteiger partial charge is 0.497 e. The molecule has 1 saturated heterocycles. The second kappa shape index (κ2) is 10.1. The summed E-state index contributed by atoms with van der Waals surface area (Å²) in [6, 6.07) is 7.58. The van der Waals surface area contributed by atoms with Crippen molar-refractivity contribution in [3.63, 3.8) is 0 Å². The number of nitrogens with one attached hydrogen (secondary N) is 2. The Morgan fingerprint density at radius 2 is 2.23 bits per heavy atom. The van der Waals surface area contributed by atoms with Gasteiger partial charge in [0.25, 0.3) is 0 Å². The first-order chi connectivity index (χ1) is 14.2. The second-order valence-electron chi connectivity index (χ2n) is 7.48. The molecule has 30 heavy (non-hydrogen) atoms. The summed E-state index contributed by atoms with van der Waals surface area (Å²) in [4.78, 5) is 23.3. The zero-order valence-corrected chi connectivity index (χ0v) is 19.8. The van der Waals surface area contributed by atoms with Gasteiger partial charge in [0.05, 0.1) is 25.4 Å². The van der Waals surface area contributed by atoms with Crippen molar-refractivity contribution in [1.29, 1.82) is 0 Å². The van der Waals surface area contributed by atoms with Gasteiger partial charge in [-0.2, -0.15) is 0 Å². The first-order valence-corrected chi connectivity index (χ1v) is 10.1. The van der Waals surface area contributed by atoms with Gasteiger partial charge in [-0.15, -0.1) is 24.0 Å². The minimum atomic E-state index is -0.00453. The first kappa shape index (κ1) is 22.4. The summed E-state index contributed by atoms with van der Waals surface area (Å²) in [6.45, 7) is 2.25. The number of methoxy groups -OCH3 is 1. The predicted molar refractivity (Wildman–Crippen MR) is 128 cm³/mol. The number of hydrogen-bond donors (Lipinski definition) is 2. The van der Waals surface area contributed by atoms with E-state index in [2.05, 4.69) is 26.4 Å². The van der Waals surface area contributed by atoms with E-state index < -0.39 is 0 Å². The summed E-state index contributed by atoms with van der Waals surface area (Å²) in [6.07, 6.45) is 6.04. The molecule has 1 fully saturated rings. The number of halogens is 1. The molecule has 8 nitrogen and oxygen atoms in total. The molecule has 0 bridgehead atoms. The van der Waals surface area contributed by atoms with Crippen molar-refractivity contribution in [1.82, 2.24) is 20.2 Å². The van der Waals surface area contributed by atoms with E-state index in [0.29, 0.717) is 25.5 Å². The van der Waals surface area contributed by atoms with Crippen LogP contribution in [0, 0.1) is 0 Å². The zero-order chi connectivity index (χ0) is 20.2. The standard InChI is InChI=1S/C21H28N6O2.HI/c1-22-21(23-12-16-13-26-9-4-3-8-19(26)24-16)25-15-10-20(28)27(14-15)17-6-5-7-18(11-17)29-2;/h5-7,11,13,15H,3-4,8-10,12,14H2,1-2H3,(H2,22,23,25);1H. The number of aromatic nitrogens is 2. The molecule has 4 rings (SSSR count). The number of aliphatic imine (C=N–C) groups is 1. The maximum atomic E-state index is 12.5. The summed E-state index contributed by atoms with van der Waals surface area (Å²) in [7, 11) is 3.37. The number of fused-ring (bicyclic) bond motifs is 1. The minimum absolute atomic E-state index is 0. The fraction of sp³-hybridized carbons (Fsp3) is 0.476. The summed E-state index contributed by atoms with van der Waals surface area (Å²) < 4.78 is 7.52. The van der Waals surface area contributed by atoms with E-state index in [9.17, 15) is 4.79 Å². The number of anilines is 1. The van der Waals surface area contributed by atoms with Crippen LogP contribution in [0.1, 0.15) is 30.8 Å². The molecule has 2 aliphatic rings. The maximum absolute atomic E-state index is 12.5. The van der Waals surface area contributed by atoms with Crippen LogP contribution in [0.2, 0.25) is 0 Å². The number of carbonyl (C=O) groups excluding carboxylic acids is 1. The van der Waals surface area contributed by atoms with Gasteiger partial charge >= 0.3 is 0 Å². The number of nitrogens with zero attached hydrogens (tertiary/aromatic N) is 4. The Kier molecular flexibility index (Phi) is 7.57. The SMILES string of the molecule is CN=C(NCc1cn2c(n1)CCCC2)NC1CC(=O)N(c2cccc(OC)c2)C1.I. The topological polar surface area (TPSA) is 83.8 Å². The van der Waals surface area contributed by atoms with Crippen LogP contribution in [0.3, 0.4) is 0 Å². The van der Waals surface area contributed by atoms with Crippen LogP contribution >= 0.6 is 24.0 Å². The van der Waals surface area contributed by atoms with Gasteiger partial charge in [0.15, 0.2) is 5.96 Å². The highest BCUT2D eigenvalue weighted by Gasteiger charge is 2.31. The fourth-order valence-corrected chi connectivity index (χ4v) is 3.95. The van der Waals surface area contributed by atoms with E-state index in [1.807, 2.05) is 24.3 Å². The van der Waals surface area contributed by atoms with Crippen LogP contribution in [-0.2, 0) is 24.3 Å². The molecular weight excluding hydrogens is 495 g/mol. The summed E-state index contributed by atoms with van der Waals surface area (Å²) in [5.74, 6) is 2.69. The average Bonchev–Trinajstić information content (AvgIpc) is 3.33. The smallest absolute Gasteiger partial charge is 0.229 e. The lowest BCUT2D eigenvalue weighted by Gasteiger charge is -2.19. The lowest BCUT2D eigenvalue weighted by Crippen LogP contribution is -2.44. The van der Waals surface area contributed by atoms with Crippen molar-refractivity contribution >= 4 is 41.5 Å². The fourth-order valence-electron chi connectivity index (χ4n) is 3.95. The van der Waals surface area contributed by atoms with E-state index in [-0.39, 0.29) is 35.9 Å². The Balaban J connectivity index is 0.00000256. The number of ether oxygens (including phenoxy) is 1. The molecule has 162 valence electrons. The average molecular weight is 524 g/mol. The minimum Gasteiger partial charge on any atom is -0.497 e. The Bertz CT molecular complexity index is 889. The van der Waals surface area contributed by atoms with Gasteiger partial charge < -0.3 is 24.8 Å². The lowest BCUT2D eigenvalue weighted by molar-refractivity contribution is -0.117. The van der Waals surface area contributed by atoms with Crippen molar-refractivity contribution in [3.8, 4) is 5.75 Å². The first-order valence-electron chi connectivity index (χ1n) is 10.1. The van der Waals surface area contributed by atoms with Crippen LogP contribution < -0.4 is 20.3 Å². The normalized spacial score (nSPS) is 18.6. The van der Waals surface area contributed by atoms with E-state index in [4.69, 9.17) is 9.72 Å². The lowest BCUT2D eigenvalue weighted by atomic mass is 10.2. The monoisotopic (exact) mass is 524 g/mol. The summed E-state index contributed by atoms with van der Waals surface area (Å²) >= 11 is 0. The Hall–Kier alpha value is -2.30. The van der Waals surface area contributed by atoms with Crippen molar-refractivity contribution in [2.24, 2.45) is 4.99 Å². The molecule has 9 heteroatoms. The number of hydrogen-bond acceptors (Lipinski definition) is 4. The predicted octanol–water partition coefficient (Wildman–Crippen LogP) is 2.32. The van der Waals surface area contributed by atoms with Crippen molar-refractivity contribution in [3.05, 3.63) is 42.0 Å². The van der Waals surface area contributed by atoms with Crippen molar-refractivity contribution in [2.45, 2.75) is 44.8 Å². The van der Waals surface area contributed by atoms with Crippen LogP contribution in [0.4, 0.5) is 5.69 Å². The maximum Gasteiger partial charge on any atom is 0.229 e. The number of rotatable bonds is 5. The third-order valence-corrected chi connectivity index (χ3v) is 5.45. The molecule has 1 amide bonds. The third-order valence-electron chi connectivity index (χ3n) is 5.45. The Morgan fingerprint density at radius 3 is 3.00 bits per heavy atom. The molecule has 1 atom stereocenters. The molecular formula is C21H29IN6O2. The highest BCUT2D eigenvalue weighted by Crippen LogP contribution is 2.25. The molecule has 2 aromatic rings. The number of guanidine groups is 1. The molecule has 2 N–H and O–H groups in total. The van der Waals surface area contributed by atoms with Gasteiger partial charge in [0.2, 0.25) is 5.91 Å². The molecule has 1 aromatic carbocycles. The number of amides is 1. The van der Waals surface area contributed by atoms with Crippen LogP contribution in [0.25, 0.3) is 0 Å². The van der Waals surface area contributed by atoms with Crippen LogP contribution in [-0.4, -0.2) is 48.2 Å². The van der Waals surface area contributed by atoms with Crippen LogP contribution in [0.15, 0.2) is 35.5 Å². The molecule has 3 heterocycles. The van der Waals surface area contributed by atoms with Crippen molar-refractivity contribution in [2.75, 3.05) is 25.6 Å². The highest BCUT2D eigenvalue weighted by atomic mass is 127. The molecule has 0 spiro atoms. The molecule has 1 aromatic heterocycles. The van der Waals surface area contributed by atoms with Gasteiger partial charge in [0, 0.05) is 50.9 Å². The van der Waals surface area contributed by atoms with E-state index >= 15 is 0 Å². The quantitative estimate of drug-likeness (QED) is 0.357. The molecule has 2 aliphatic heterocycles. The van der Waals surface area contributed by atoms with E-state index in [1.165, 1.54) is 18.7 Å². The molecule has 0 aliphatic carbocycles. The summed E-state index contributed by atoms with van der Waals surface area (Å²) in [5, 5.41) is 6.69. The number of carbonyl (C=O) groups is 1. The molecule has 0 saturated carbocycles. The van der Waals surface area contributed by atoms with Gasteiger partial charge in [-0.25, -0.2) is 4.98 Å². The summed E-state index contributed by atoms with van der Waals surface area (Å²) in [5.41, 5.74) is 1.87. The highest BCUT2D eigenvalue weighted by molar-refractivity contribution is 14.0. The molecule has 1 unspecified atom stereocenters. The van der Waals surface area contributed by atoms with Gasteiger partial charge in [-0.05, 0) is 25.0 Å². The second-order valence-corrected chi connectivity index (χ2v) is 7.48. The van der Waals surface area contributed by atoms with E-state index in [1.54, 1.807) is 19.1 Å².